The van der Waals surface area contributed by atoms with E-state index in [0.717, 1.165) is 64.2 Å². The van der Waals surface area contributed by atoms with Gasteiger partial charge in [-0.2, -0.15) is 0 Å². The van der Waals surface area contributed by atoms with Crippen molar-refractivity contribution in [2.45, 2.75) is 225 Å². The van der Waals surface area contributed by atoms with Gasteiger partial charge in [0, 0.05) is 12.8 Å². The second kappa shape index (κ2) is 43.3. The summed E-state index contributed by atoms with van der Waals surface area (Å²) in [6, 6.07) is 0. The molecule has 0 saturated heterocycles. The Labute approximate surface area is 322 Å². The molecule has 5 nitrogen and oxygen atoms in total. The molecular formula is C47H84O5. The normalized spacial score (nSPS) is 12.6. The van der Waals surface area contributed by atoms with Crippen molar-refractivity contribution in [3.8, 4) is 0 Å². The molecule has 0 saturated carbocycles. The minimum Gasteiger partial charge on any atom is -0.462 e. The lowest BCUT2D eigenvalue weighted by atomic mass is 10.0. The van der Waals surface area contributed by atoms with Gasteiger partial charge in [-0.15, -0.1) is 0 Å². The van der Waals surface area contributed by atoms with Crippen LogP contribution in [0.4, 0.5) is 0 Å². The van der Waals surface area contributed by atoms with Crippen LogP contribution in [0.15, 0.2) is 48.6 Å². The number of ether oxygens (including phenoxy) is 2. The number of hydrogen-bond donors (Lipinski definition) is 1. The van der Waals surface area contributed by atoms with E-state index in [1.807, 2.05) is 0 Å². The molecule has 0 aromatic rings. The predicted molar refractivity (Wildman–Crippen MR) is 224 cm³/mol. The zero-order valence-electron chi connectivity index (χ0n) is 34.3. The largest absolute Gasteiger partial charge is 0.462 e. The maximum absolute atomic E-state index is 12.2. The molecule has 1 N–H and O–H groups in total. The van der Waals surface area contributed by atoms with Crippen LogP contribution in [0.1, 0.15) is 219 Å². The molecule has 5 heteroatoms. The van der Waals surface area contributed by atoms with Crippen LogP contribution in [-0.2, 0) is 19.1 Å². The van der Waals surface area contributed by atoms with Gasteiger partial charge in [-0.1, -0.05) is 197 Å². The van der Waals surface area contributed by atoms with Crippen molar-refractivity contribution in [2.24, 2.45) is 0 Å². The highest BCUT2D eigenvalue weighted by molar-refractivity contribution is 5.70. The van der Waals surface area contributed by atoms with Crippen LogP contribution in [0, 0.1) is 0 Å². The molecule has 0 amide bonds. The van der Waals surface area contributed by atoms with Crippen LogP contribution in [0.2, 0.25) is 0 Å². The minimum atomic E-state index is -0.783. The molecule has 0 radical (unpaired) electrons. The molecule has 0 bridgehead atoms. The van der Waals surface area contributed by atoms with Crippen molar-refractivity contribution in [2.75, 3.05) is 13.2 Å². The van der Waals surface area contributed by atoms with Gasteiger partial charge in [0.1, 0.15) is 6.61 Å². The second-order valence-electron chi connectivity index (χ2n) is 14.8. The highest BCUT2D eigenvalue weighted by Crippen LogP contribution is 2.15. The van der Waals surface area contributed by atoms with E-state index < -0.39 is 6.10 Å². The van der Waals surface area contributed by atoms with E-state index >= 15 is 0 Å². The smallest absolute Gasteiger partial charge is 0.306 e. The Bertz CT molecular complexity index is 873. The molecule has 0 aliphatic carbocycles. The second-order valence-corrected chi connectivity index (χ2v) is 14.8. The third-order valence-corrected chi connectivity index (χ3v) is 9.63. The quantitative estimate of drug-likeness (QED) is 0.0386. The Morgan fingerprint density at radius 2 is 0.769 bits per heavy atom. The fourth-order valence-electron chi connectivity index (χ4n) is 6.24. The number of carbonyl (C=O) groups is 2. The number of carbonyl (C=O) groups excluding carboxylic acids is 2. The van der Waals surface area contributed by atoms with Crippen LogP contribution >= 0.6 is 0 Å². The van der Waals surface area contributed by atoms with E-state index in [1.165, 1.54) is 128 Å². The number of unbranched alkanes of at least 4 members (excludes halogenated alkanes) is 24. The first-order chi connectivity index (χ1) is 25.6. The monoisotopic (exact) mass is 729 g/mol. The van der Waals surface area contributed by atoms with Crippen LogP contribution in [0.3, 0.4) is 0 Å². The van der Waals surface area contributed by atoms with Crippen molar-refractivity contribution in [3.05, 3.63) is 48.6 Å². The minimum absolute atomic E-state index is 0.0809. The van der Waals surface area contributed by atoms with Gasteiger partial charge in [0.25, 0.3) is 0 Å². The van der Waals surface area contributed by atoms with Crippen LogP contribution in [-0.4, -0.2) is 36.4 Å². The molecule has 302 valence electrons. The Kier molecular flexibility index (Phi) is 41.5. The summed E-state index contributed by atoms with van der Waals surface area (Å²) in [7, 11) is 0. The third-order valence-electron chi connectivity index (χ3n) is 9.63. The van der Waals surface area contributed by atoms with E-state index in [1.54, 1.807) is 0 Å². The summed E-state index contributed by atoms with van der Waals surface area (Å²) in [5.74, 6) is -0.620. The van der Waals surface area contributed by atoms with E-state index in [9.17, 15) is 14.7 Å². The predicted octanol–water partition coefficient (Wildman–Crippen LogP) is 14.2. The molecule has 0 heterocycles. The van der Waals surface area contributed by atoms with Gasteiger partial charge in [-0.05, 0) is 57.8 Å². The number of aliphatic hydroxyl groups is 1. The van der Waals surface area contributed by atoms with Crippen molar-refractivity contribution in [1.29, 1.82) is 0 Å². The fraction of sp³-hybridized carbons (Fsp3) is 0.787. The van der Waals surface area contributed by atoms with Crippen molar-refractivity contribution < 1.29 is 24.2 Å². The molecule has 0 spiro atoms. The lowest BCUT2D eigenvalue weighted by Crippen LogP contribution is -2.28. The number of aliphatic hydroxyl groups excluding tert-OH is 1. The fourth-order valence-corrected chi connectivity index (χ4v) is 6.24. The molecule has 0 unspecified atom stereocenters. The number of hydrogen-bond acceptors (Lipinski definition) is 5. The number of rotatable bonds is 40. The zero-order chi connectivity index (χ0) is 37.8. The SMILES string of the molecule is CCCCCC=CCC=CCC=CCC=CCCCCCC(=O)OC[C@H](CO)OC(=O)CCCCCCCCCCCCCCCCCCCCC. The Morgan fingerprint density at radius 1 is 0.442 bits per heavy atom. The third kappa shape index (κ3) is 40.6. The summed E-state index contributed by atoms with van der Waals surface area (Å²) in [4.78, 5) is 24.3. The highest BCUT2D eigenvalue weighted by atomic mass is 16.6. The molecule has 0 rings (SSSR count). The number of allylic oxidation sites excluding steroid dienone is 8. The van der Waals surface area contributed by atoms with Crippen molar-refractivity contribution in [3.63, 3.8) is 0 Å². The van der Waals surface area contributed by atoms with Gasteiger partial charge in [0.05, 0.1) is 6.61 Å². The first kappa shape index (κ1) is 49.9. The topological polar surface area (TPSA) is 72.8 Å². The van der Waals surface area contributed by atoms with Gasteiger partial charge in [0.2, 0.25) is 0 Å². The summed E-state index contributed by atoms with van der Waals surface area (Å²) in [5, 5.41) is 9.58. The lowest BCUT2D eigenvalue weighted by molar-refractivity contribution is -0.161. The number of esters is 2. The molecule has 0 aromatic heterocycles. The summed E-state index contributed by atoms with van der Waals surface area (Å²) in [6.07, 6.45) is 54.7. The van der Waals surface area contributed by atoms with Gasteiger partial charge < -0.3 is 14.6 Å². The van der Waals surface area contributed by atoms with Gasteiger partial charge in [0.15, 0.2) is 6.10 Å². The molecule has 0 aliphatic heterocycles. The average molecular weight is 729 g/mol. The van der Waals surface area contributed by atoms with Crippen molar-refractivity contribution in [1.82, 2.24) is 0 Å². The summed E-state index contributed by atoms with van der Waals surface area (Å²) >= 11 is 0. The Hall–Kier alpha value is -2.14. The Morgan fingerprint density at radius 3 is 1.19 bits per heavy atom. The molecule has 0 aromatic carbocycles. The summed E-state index contributed by atoms with van der Waals surface area (Å²) < 4.78 is 10.6. The standard InChI is InChI=1S/C47H84O5/c1-3-5-7-9-11-13-15-17-19-21-23-25-27-29-31-33-35-37-39-41-46(49)51-44-45(43-48)52-47(50)42-40-38-36-34-32-30-28-26-24-22-20-18-16-14-12-10-8-6-4-2/h11,13,17,19,23,25,29,31,45,48H,3-10,12,14-16,18,20-22,24,26-28,30,32-44H2,1-2H3/t45-/m0/s1. The summed E-state index contributed by atoms with van der Waals surface area (Å²) in [5.41, 5.74) is 0. The van der Waals surface area contributed by atoms with Crippen LogP contribution < -0.4 is 0 Å². The van der Waals surface area contributed by atoms with E-state index in [0.29, 0.717) is 12.8 Å². The molecule has 52 heavy (non-hydrogen) atoms. The Balaban J connectivity index is 3.58. The molecule has 0 fully saturated rings. The molecule has 0 aliphatic rings. The molecule has 1 atom stereocenters. The van der Waals surface area contributed by atoms with Gasteiger partial charge in [-0.25, -0.2) is 0 Å². The average Bonchev–Trinajstić information content (AvgIpc) is 3.15. The van der Waals surface area contributed by atoms with E-state index in [2.05, 4.69) is 62.5 Å². The lowest BCUT2D eigenvalue weighted by Gasteiger charge is -2.15. The van der Waals surface area contributed by atoms with Crippen molar-refractivity contribution >= 4 is 11.9 Å². The summed E-state index contributed by atoms with van der Waals surface area (Å²) in [6.45, 7) is 4.10. The first-order valence-electron chi connectivity index (χ1n) is 22.2. The van der Waals surface area contributed by atoms with Gasteiger partial charge in [-0.3, -0.25) is 9.59 Å². The van der Waals surface area contributed by atoms with Crippen LogP contribution in [0.5, 0.6) is 0 Å². The molecular weight excluding hydrogens is 645 g/mol. The maximum atomic E-state index is 12.2. The van der Waals surface area contributed by atoms with Crippen LogP contribution in [0.25, 0.3) is 0 Å². The van der Waals surface area contributed by atoms with E-state index in [4.69, 9.17) is 9.47 Å². The van der Waals surface area contributed by atoms with Gasteiger partial charge >= 0.3 is 11.9 Å². The van der Waals surface area contributed by atoms with E-state index in [-0.39, 0.29) is 25.2 Å². The highest BCUT2D eigenvalue weighted by Gasteiger charge is 2.16. The maximum Gasteiger partial charge on any atom is 0.306 e. The first-order valence-corrected chi connectivity index (χ1v) is 22.2. The zero-order valence-corrected chi connectivity index (χ0v) is 34.3.